The molecule has 0 aliphatic heterocycles. The number of hydrogen-bond acceptors (Lipinski definition) is 6. The Morgan fingerprint density at radius 3 is 2.47 bits per heavy atom. The Bertz CT molecular complexity index is 353. The molecule has 1 aromatic heterocycles. The van der Waals surface area contributed by atoms with Crippen molar-refractivity contribution in [3.63, 3.8) is 0 Å². The first kappa shape index (κ1) is 11.6. The maximum absolute atomic E-state index is 12.2. The topological polar surface area (TPSA) is 109 Å². The highest BCUT2D eigenvalue weighted by Gasteiger charge is 2.23. The fourth-order valence-corrected chi connectivity index (χ4v) is 0.818. The molecule has 0 radical (unpaired) electrons. The van der Waals surface area contributed by atoms with Gasteiger partial charge in [-0.2, -0.15) is 0 Å². The molecule has 1 heterocycles. The SMILES string of the molecule is Nc1cnc(C(F)F)cc1OC(O)(O)O. The summed E-state index contributed by atoms with van der Waals surface area (Å²) in [6, 6.07) is 0.692. The highest BCUT2D eigenvalue weighted by atomic mass is 19.3. The minimum atomic E-state index is -3.48. The summed E-state index contributed by atoms with van der Waals surface area (Å²) >= 11 is 0. The molecule has 0 aliphatic rings. The Morgan fingerprint density at radius 1 is 1.40 bits per heavy atom. The third-order valence-corrected chi connectivity index (χ3v) is 1.39. The molecule has 0 spiro atoms. The van der Waals surface area contributed by atoms with Crippen molar-refractivity contribution in [2.75, 3.05) is 5.73 Å². The predicted octanol–water partition coefficient (Wildman–Crippen LogP) is -0.432. The summed E-state index contributed by atoms with van der Waals surface area (Å²) in [4.78, 5) is 3.27. The van der Waals surface area contributed by atoms with Gasteiger partial charge in [-0.05, 0) is 0 Å². The van der Waals surface area contributed by atoms with E-state index in [9.17, 15) is 8.78 Å². The number of anilines is 1. The van der Waals surface area contributed by atoms with Crippen LogP contribution in [0.25, 0.3) is 0 Å². The molecule has 0 saturated carbocycles. The summed E-state index contributed by atoms with van der Waals surface area (Å²) in [5.41, 5.74) is 4.35. The number of rotatable bonds is 3. The van der Waals surface area contributed by atoms with Gasteiger partial charge >= 0.3 is 6.16 Å². The summed E-state index contributed by atoms with van der Waals surface area (Å²) in [6.45, 7) is 0. The molecule has 0 unspecified atom stereocenters. The van der Waals surface area contributed by atoms with Gasteiger partial charge in [-0.1, -0.05) is 0 Å². The van der Waals surface area contributed by atoms with Gasteiger partial charge in [0.05, 0.1) is 11.9 Å². The largest absolute Gasteiger partial charge is 0.453 e. The molecule has 1 rings (SSSR count). The number of aromatic nitrogens is 1. The van der Waals surface area contributed by atoms with Crippen LogP contribution in [0.2, 0.25) is 0 Å². The van der Waals surface area contributed by atoms with Crippen molar-refractivity contribution in [3.8, 4) is 5.75 Å². The molecule has 0 aliphatic carbocycles. The molecule has 84 valence electrons. The van der Waals surface area contributed by atoms with E-state index in [1.54, 1.807) is 0 Å². The van der Waals surface area contributed by atoms with E-state index < -0.39 is 24.0 Å². The van der Waals surface area contributed by atoms with E-state index in [4.69, 9.17) is 21.1 Å². The van der Waals surface area contributed by atoms with Crippen LogP contribution < -0.4 is 10.5 Å². The summed E-state index contributed by atoms with van der Waals surface area (Å²) in [6.07, 6.45) is -5.49. The molecule has 0 atom stereocenters. The monoisotopic (exact) mass is 222 g/mol. The zero-order valence-corrected chi connectivity index (χ0v) is 7.26. The van der Waals surface area contributed by atoms with Gasteiger partial charge in [0.1, 0.15) is 5.69 Å². The lowest BCUT2D eigenvalue weighted by atomic mass is 10.3. The number of pyridine rings is 1. The number of hydrogen-bond donors (Lipinski definition) is 4. The van der Waals surface area contributed by atoms with Crippen LogP contribution in [-0.2, 0) is 0 Å². The van der Waals surface area contributed by atoms with Crippen LogP contribution in [0.15, 0.2) is 12.3 Å². The Balaban J connectivity index is 3.01. The lowest BCUT2D eigenvalue weighted by Gasteiger charge is -2.16. The van der Waals surface area contributed by atoms with Crippen LogP contribution in [0, 0.1) is 0 Å². The van der Waals surface area contributed by atoms with E-state index >= 15 is 0 Å². The van der Waals surface area contributed by atoms with Crippen LogP contribution in [-0.4, -0.2) is 26.5 Å². The van der Waals surface area contributed by atoms with Gasteiger partial charge in [0, 0.05) is 6.07 Å². The number of nitrogens with zero attached hydrogens (tertiary/aromatic N) is 1. The summed E-state index contributed by atoms with van der Waals surface area (Å²) < 4.78 is 28.4. The first-order valence-corrected chi connectivity index (χ1v) is 3.69. The van der Waals surface area contributed by atoms with Crippen molar-refractivity contribution in [2.24, 2.45) is 0 Å². The van der Waals surface area contributed by atoms with Crippen molar-refractivity contribution in [1.29, 1.82) is 0 Å². The van der Waals surface area contributed by atoms with Gasteiger partial charge in [-0.15, -0.1) is 0 Å². The van der Waals surface area contributed by atoms with E-state index in [2.05, 4.69) is 9.72 Å². The van der Waals surface area contributed by atoms with Gasteiger partial charge < -0.3 is 25.8 Å². The second-order valence-corrected chi connectivity index (χ2v) is 2.62. The Kier molecular flexibility index (Phi) is 3.03. The van der Waals surface area contributed by atoms with Crippen LogP contribution >= 0.6 is 0 Å². The number of nitrogen functional groups attached to an aromatic ring is 1. The van der Waals surface area contributed by atoms with Crippen molar-refractivity contribution in [3.05, 3.63) is 18.0 Å². The van der Waals surface area contributed by atoms with Gasteiger partial charge in [-0.25, -0.2) is 8.78 Å². The Labute approximate surface area is 82.5 Å². The smallest absolute Gasteiger partial charge is 0.415 e. The maximum atomic E-state index is 12.2. The molecular weight excluding hydrogens is 214 g/mol. The fourth-order valence-electron chi connectivity index (χ4n) is 0.818. The minimum Gasteiger partial charge on any atom is -0.415 e. The first-order valence-electron chi connectivity index (χ1n) is 3.69. The van der Waals surface area contributed by atoms with Crippen LogP contribution in [0.3, 0.4) is 0 Å². The molecule has 0 bridgehead atoms. The number of ether oxygens (including phenoxy) is 1. The standard InChI is InChI=1S/C7H8F2N2O4/c8-6(9)4-1-5(3(10)2-11-4)15-7(12,13)14/h1-2,6,12-14H,10H2. The Hall–Kier alpha value is -1.51. The lowest BCUT2D eigenvalue weighted by Crippen LogP contribution is -2.35. The number of nitrogens with two attached hydrogens (primary N) is 1. The molecule has 0 fully saturated rings. The molecule has 6 nitrogen and oxygen atoms in total. The van der Waals surface area contributed by atoms with Crippen LogP contribution in [0.1, 0.15) is 12.1 Å². The van der Waals surface area contributed by atoms with E-state index in [0.717, 1.165) is 6.20 Å². The quantitative estimate of drug-likeness (QED) is 0.516. The number of halogens is 2. The van der Waals surface area contributed by atoms with Gasteiger partial charge in [0.25, 0.3) is 6.43 Å². The second-order valence-electron chi connectivity index (χ2n) is 2.62. The molecular formula is C7H8F2N2O4. The predicted molar refractivity (Wildman–Crippen MR) is 43.6 cm³/mol. The number of aliphatic hydroxyl groups is 3. The third kappa shape index (κ3) is 3.27. The number of alkyl halides is 2. The first-order chi connectivity index (χ1) is 6.79. The summed E-state index contributed by atoms with van der Waals surface area (Å²) in [5.74, 6) is -0.507. The Morgan fingerprint density at radius 2 is 2.00 bits per heavy atom. The summed E-state index contributed by atoms with van der Waals surface area (Å²) in [5, 5.41) is 25.4. The van der Waals surface area contributed by atoms with E-state index in [1.165, 1.54) is 0 Å². The molecule has 0 amide bonds. The van der Waals surface area contributed by atoms with E-state index in [-0.39, 0.29) is 5.69 Å². The van der Waals surface area contributed by atoms with Crippen molar-refractivity contribution in [2.45, 2.75) is 12.6 Å². The van der Waals surface area contributed by atoms with Crippen LogP contribution in [0.4, 0.5) is 14.5 Å². The van der Waals surface area contributed by atoms with Crippen molar-refractivity contribution < 1.29 is 28.8 Å². The van der Waals surface area contributed by atoms with Crippen molar-refractivity contribution in [1.82, 2.24) is 4.98 Å². The normalized spacial score (nSPS) is 11.9. The molecule has 0 aromatic carbocycles. The fraction of sp³-hybridized carbons (Fsp3) is 0.286. The highest BCUT2D eigenvalue weighted by Crippen LogP contribution is 2.27. The van der Waals surface area contributed by atoms with Gasteiger partial charge in [0.15, 0.2) is 5.75 Å². The van der Waals surface area contributed by atoms with Crippen molar-refractivity contribution >= 4 is 5.69 Å². The molecule has 0 saturated heterocycles. The molecule has 1 aromatic rings. The molecule has 8 heteroatoms. The highest BCUT2D eigenvalue weighted by molar-refractivity contribution is 5.51. The van der Waals surface area contributed by atoms with E-state index in [0.29, 0.717) is 6.07 Å². The van der Waals surface area contributed by atoms with Crippen LogP contribution in [0.5, 0.6) is 5.75 Å². The average molecular weight is 222 g/mol. The second kappa shape index (κ2) is 3.93. The average Bonchev–Trinajstić information content (AvgIpc) is 2.06. The minimum absolute atomic E-state index is 0.221. The molecule has 15 heavy (non-hydrogen) atoms. The lowest BCUT2D eigenvalue weighted by molar-refractivity contribution is -0.419. The third-order valence-electron chi connectivity index (χ3n) is 1.39. The van der Waals surface area contributed by atoms with E-state index in [1.807, 2.05) is 0 Å². The zero-order chi connectivity index (χ0) is 11.6. The molecule has 5 N–H and O–H groups in total. The summed E-state index contributed by atoms with van der Waals surface area (Å²) in [7, 11) is 0. The van der Waals surface area contributed by atoms with Gasteiger partial charge in [0.2, 0.25) is 0 Å². The zero-order valence-electron chi connectivity index (χ0n) is 7.26. The maximum Gasteiger partial charge on any atom is 0.453 e. The van der Waals surface area contributed by atoms with Gasteiger partial charge in [-0.3, -0.25) is 4.98 Å².